The average molecular weight is 503 g/mol. The van der Waals surface area contributed by atoms with Gasteiger partial charge in [-0.1, -0.05) is 0 Å². The predicted octanol–water partition coefficient (Wildman–Crippen LogP) is -2.78. The number of ether oxygens (including phenoxy) is 2. The third-order valence-electron chi connectivity index (χ3n) is 3.31. The number of rotatable bonds is 15. The van der Waals surface area contributed by atoms with Gasteiger partial charge in [-0.2, -0.15) is 0 Å². The van der Waals surface area contributed by atoms with Crippen molar-refractivity contribution in [2.45, 2.75) is 52.6 Å². The third kappa shape index (κ3) is 25.8. The summed E-state index contributed by atoms with van der Waals surface area (Å²) in [5, 5.41) is 50.3. The van der Waals surface area contributed by atoms with Gasteiger partial charge >= 0.3 is 23.9 Å². The van der Waals surface area contributed by atoms with Gasteiger partial charge in [0.15, 0.2) is 0 Å². The first kappa shape index (κ1) is 36.1. The maximum atomic E-state index is 10.8. The van der Waals surface area contributed by atoms with Crippen LogP contribution in [0.1, 0.15) is 27.7 Å². The van der Waals surface area contributed by atoms with Crippen molar-refractivity contribution >= 4 is 23.9 Å². The van der Waals surface area contributed by atoms with Crippen molar-refractivity contribution in [3.63, 3.8) is 0 Å². The molecule has 34 heavy (non-hydrogen) atoms. The number of nitrogens with zero attached hydrogens (tertiary/aromatic N) is 2. The number of aliphatic hydroxyl groups is 2. The lowest BCUT2D eigenvalue weighted by Gasteiger charge is -2.32. The Balaban J connectivity index is -0.000000720. The van der Waals surface area contributed by atoms with Crippen molar-refractivity contribution in [2.75, 3.05) is 39.4 Å². The molecule has 16 heteroatoms. The molecule has 10 N–H and O–H groups in total. The lowest BCUT2D eigenvalue weighted by Crippen LogP contribution is -2.48. The van der Waals surface area contributed by atoms with Gasteiger partial charge in [-0.3, -0.25) is 29.0 Å². The lowest BCUT2D eigenvalue weighted by atomic mass is 10.4. The zero-order chi connectivity index (χ0) is 27.4. The van der Waals surface area contributed by atoms with Gasteiger partial charge in [0, 0.05) is 0 Å². The van der Waals surface area contributed by atoms with Gasteiger partial charge in [-0.25, -0.2) is 0 Å². The molecular weight excluding hydrogens is 464 g/mol. The Kier molecular flexibility index (Phi) is 22.4. The quantitative estimate of drug-likeness (QED) is 0.105. The molecule has 0 rings (SSSR count). The largest absolute Gasteiger partial charge is 0.480 e. The smallest absolute Gasteiger partial charge is 0.317 e. The van der Waals surface area contributed by atoms with Gasteiger partial charge in [-0.05, 0) is 27.7 Å². The van der Waals surface area contributed by atoms with Crippen molar-refractivity contribution in [1.82, 2.24) is 9.80 Å². The van der Waals surface area contributed by atoms with Crippen molar-refractivity contribution in [3.8, 4) is 0 Å². The van der Waals surface area contributed by atoms with E-state index in [1.807, 2.05) is 0 Å². The molecule has 16 nitrogen and oxygen atoms in total. The van der Waals surface area contributed by atoms with Gasteiger partial charge in [0.05, 0.1) is 39.4 Å². The minimum absolute atomic E-state index is 0.125. The molecule has 4 atom stereocenters. The minimum Gasteiger partial charge on any atom is -0.480 e. The molecule has 0 fully saturated rings. The number of aliphatic carboxylic acids is 4. The van der Waals surface area contributed by atoms with Crippen molar-refractivity contribution in [3.05, 3.63) is 0 Å². The van der Waals surface area contributed by atoms with Crippen LogP contribution in [0.3, 0.4) is 0 Å². The Morgan fingerprint density at radius 1 is 0.618 bits per heavy atom. The van der Waals surface area contributed by atoms with Crippen LogP contribution >= 0.6 is 0 Å². The summed E-state index contributed by atoms with van der Waals surface area (Å²) >= 11 is 0. The Hall–Kier alpha value is -2.44. The molecule has 0 aromatic heterocycles. The van der Waals surface area contributed by atoms with Crippen LogP contribution in [-0.2, 0) is 28.7 Å². The van der Waals surface area contributed by atoms with Crippen molar-refractivity contribution in [1.29, 1.82) is 0 Å². The van der Waals surface area contributed by atoms with Gasteiger partial charge in [-0.15, -0.1) is 0 Å². The van der Waals surface area contributed by atoms with Crippen LogP contribution in [0.2, 0.25) is 0 Å². The Morgan fingerprint density at radius 2 is 0.853 bits per heavy atom. The Morgan fingerprint density at radius 3 is 0.971 bits per heavy atom. The fourth-order valence-corrected chi connectivity index (χ4v) is 2.12. The Bertz CT molecular complexity index is 511. The molecule has 0 heterocycles. The number of nitrogens with two attached hydrogens (primary N) is 2. The topological polar surface area (TPSA) is 267 Å². The minimum atomic E-state index is -1.26. The first-order valence-corrected chi connectivity index (χ1v) is 9.96. The highest BCUT2D eigenvalue weighted by atomic mass is 16.5. The van der Waals surface area contributed by atoms with Crippen molar-refractivity contribution in [2.24, 2.45) is 11.5 Å². The van der Waals surface area contributed by atoms with Gasteiger partial charge in [0.2, 0.25) is 0 Å². The molecule has 0 saturated heterocycles. The van der Waals surface area contributed by atoms with Crippen LogP contribution in [0.5, 0.6) is 0 Å². The summed E-state index contributed by atoms with van der Waals surface area (Å²) in [7, 11) is 0. The summed E-state index contributed by atoms with van der Waals surface area (Å²) in [5.41, 5.74) is 10.4. The summed E-state index contributed by atoms with van der Waals surface area (Å²) in [4.78, 5) is 45.0. The van der Waals surface area contributed by atoms with Crippen LogP contribution in [0.4, 0.5) is 0 Å². The standard InChI is InChI=1S/C12H20N2O9.C4H12N2O.C2H6O2/c1-7(13(3-9(15)16)4-10(17)18)23-8(2)14(5-11(19)20)6-12(21)22;1-3(5)7-4(2)6;3-1-2-4/h7-8H,3-6H2,1-2H3,(H,15,16)(H,17,18)(H,19,20)(H,21,22);3-4H,5-6H2,1-2H3;3-4H,1-2H2. The van der Waals surface area contributed by atoms with Crippen molar-refractivity contribution < 1.29 is 59.3 Å². The Labute approximate surface area is 197 Å². The predicted molar refractivity (Wildman–Crippen MR) is 116 cm³/mol. The number of carboxylic acid groups (broad SMARTS) is 4. The van der Waals surface area contributed by atoms with Crippen LogP contribution in [0, 0.1) is 0 Å². The summed E-state index contributed by atoms with van der Waals surface area (Å²) < 4.78 is 10.2. The van der Waals surface area contributed by atoms with Crippen LogP contribution in [0.25, 0.3) is 0 Å². The molecule has 0 saturated carbocycles. The van der Waals surface area contributed by atoms with Gasteiger partial charge in [0.25, 0.3) is 0 Å². The number of hydrogen-bond acceptors (Lipinski definition) is 12. The third-order valence-corrected chi connectivity index (χ3v) is 3.31. The second-order valence-electron chi connectivity index (χ2n) is 6.71. The van der Waals surface area contributed by atoms with E-state index in [2.05, 4.69) is 0 Å². The van der Waals surface area contributed by atoms with E-state index < -0.39 is 62.5 Å². The lowest BCUT2D eigenvalue weighted by molar-refractivity contribution is -0.169. The van der Waals surface area contributed by atoms with E-state index in [-0.39, 0.29) is 25.7 Å². The zero-order valence-electron chi connectivity index (χ0n) is 19.7. The fourth-order valence-electron chi connectivity index (χ4n) is 2.12. The van der Waals surface area contributed by atoms with E-state index in [1.54, 1.807) is 13.8 Å². The zero-order valence-corrected chi connectivity index (χ0v) is 19.7. The molecular formula is C18H38N4O12. The molecule has 0 spiro atoms. The van der Waals surface area contributed by atoms with E-state index in [9.17, 15) is 19.2 Å². The number of aliphatic hydroxyl groups excluding tert-OH is 2. The molecule has 0 bridgehead atoms. The van der Waals surface area contributed by atoms with E-state index in [1.165, 1.54) is 13.8 Å². The van der Waals surface area contributed by atoms with E-state index >= 15 is 0 Å². The second kappa shape index (κ2) is 21.1. The average Bonchev–Trinajstić information content (AvgIpc) is 2.65. The fraction of sp³-hybridized carbons (Fsp3) is 0.778. The normalized spacial score (nSPS) is 14.1. The summed E-state index contributed by atoms with van der Waals surface area (Å²) in [6.45, 7) is 3.61. The maximum absolute atomic E-state index is 10.8. The molecule has 0 radical (unpaired) electrons. The van der Waals surface area contributed by atoms with Gasteiger partial charge < -0.3 is 51.6 Å². The number of hydrogen-bond donors (Lipinski definition) is 8. The summed E-state index contributed by atoms with van der Waals surface area (Å²) in [6, 6.07) is 0. The summed E-state index contributed by atoms with van der Waals surface area (Å²) in [6.07, 6.45) is -2.47. The van der Waals surface area contributed by atoms with E-state index in [4.69, 9.17) is 51.6 Å². The molecule has 0 aliphatic rings. The van der Waals surface area contributed by atoms with Crippen LogP contribution < -0.4 is 11.5 Å². The first-order valence-electron chi connectivity index (χ1n) is 9.96. The van der Waals surface area contributed by atoms with Crippen LogP contribution in [0.15, 0.2) is 0 Å². The van der Waals surface area contributed by atoms with Gasteiger partial charge in [0.1, 0.15) is 24.9 Å². The molecule has 0 aromatic carbocycles. The molecule has 0 aliphatic heterocycles. The monoisotopic (exact) mass is 502 g/mol. The number of carboxylic acids is 4. The van der Waals surface area contributed by atoms with E-state index in [0.717, 1.165) is 9.80 Å². The number of carbonyl (C=O) groups is 4. The van der Waals surface area contributed by atoms with Crippen LogP contribution in [-0.4, -0.2) is 129 Å². The SMILES string of the molecule is CC(N)OC(C)N.CC(OC(C)N(CC(=O)O)CC(=O)O)N(CC(=O)O)CC(=O)O.OCCO. The molecule has 0 amide bonds. The highest BCUT2D eigenvalue weighted by molar-refractivity contribution is 5.73. The molecule has 4 unspecified atom stereocenters. The summed E-state index contributed by atoms with van der Waals surface area (Å²) in [5.74, 6) is -5.05. The highest BCUT2D eigenvalue weighted by Crippen LogP contribution is 2.09. The molecule has 0 aliphatic carbocycles. The second-order valence-corrected chi connectivity index (χ2v) is 6.71. The highest BCUT2D eigenvalue weighted by Gasteiger charge is 2.26. The first-order chi connectivity index (χ1) is 15.6. The van der Waals surface area contributed by atoms with E-state index in [0.29, 0.717) is 0 Å². The maximum Gasteiger partial charge on any atom is 0.317 e. The molecule has 202 valence electrons. The molecule has 0 aromatic rings.